The molecule has 1 saturated carbocycles. The fraction of sp³-hybridized carbons (Fsp3) is 0.611. The van der Waals surface area contributed by atoms with Crippen LogP contribution in [-0.4, -0.2) is 32.1 Å². The van der Waals surface area contributed by atoms with E-state index in [-0.39, 0.29) is 23.7 Å². The van der Waals surface area contributed by atoms with Gasteiger partial charge in [-0.2, -0.15) is 0 Å². The molecular weight excluding hydrogens is 312 g/mol. The Bertz CT molecular complexity index is 524. The van der Waals surface area contributed by atoms with Gasteiger partial charge in [0.15, 0.2) is 0 Å². The molecule has 1 aromatic rings. The van der Waals surface area contributed by atoms with E-state index in [2.05, 4.69) is 16.7 Å². The standard InChI is InChI=1S/C18H26N2O2.ClH/c1-22-16-6-4-5-14(13-16)18(9-2-3-10-18)17(21)20-15-7-11-19-12-8-15;/h4-6,13,15,19H,2-3,7-12H2,1H3,(H,20,21);1H. The van der Waals surface area contributed by atoms with Crippen LogP contribution in [0.5, 0.6) is 5.75 Å². The molecule has 0 spiro atoms. The summed E-state index contributed by atoms with van der Waals surface area (Å²) in [6.45, 7) is 1.99. The van der Waals surface area contributed by atoms with Gasteiger partial charge in [0.1, 0.15) is 5.75 Å². The summed E-state index contributed by atoms with van der Waals surface area (Å²) in [6, 6.07) is 8.36. The molecule has 1 amide bonds. The van der Waals surface area contributed by atoms with Crippen molar-refractivity contribution in [1.82, 2.24) is 10.6 Å². The molecule has 1 aromatic carbocycles. The number of piperidine rings is 1. The van der Waals surface area contributed by atoms with Gasteiger partial charge in [0.2, 0.25) is 5.91 Å². The van der Waals surface area contributed by atoms with Crippen molar-refractivity contribution in [2.45, 2.75) is 50.0 Å². The SMILES string of the molecule is COc1cccc(C2(C(=O)NC3CCNCC3)CCCC2)c1.Cl. The third kappa shape index (κ3) is 3.81. The third-order valence-electron chi connectivity index (χ3n) is 5.19. The summed E-state index contributed by atoms with van der Waals surface area (Å²) < 4.78 is 5.35. The zero-order valence-electron chi connectivity index (χ0n) is 13.8. The van der Waals surface area contributed by atoms with Gasteiger partial charge in [-0.1, -0.05) is 25.0 Å². The van der Waals surface area contributed by atoms with E-state index in [0.29, 0.717) is 6.04 Å². The lowest BCUT2D eigenvalue weighted by Gasteiger charge is -2.32. The van der Waals surface area contributed by atoms with Gasteiger partial charge in [-0.3, -0.25) is 4.79 Å². The van der Waals surface area contributed by atoms with Crippen molar-refractivity contribution in [2.24, 2.45) is 0 Å². The molecule has 5 heteroatoms. The number of benzene rings is 1. The minimum atomic E-state index is -0.362. The van der Waals surface area contributed by atoms with Gasteiger partial charge >= 0.3 is 0 Å². The maximum atomic E-state index is 13.1. The van der Waals surface area contributed by atoms with E-state index in [0.717, 1.165) is 62.9 Å². The molecule has 0 unspecified atom stereocenters. The van der Waals surface area contributed by atoms with Gasteiger partial charge in [0.05, 0.1) is 12.5 Å². The van der Waals surface area contributed by atoms with E-state index in [4.69, 9.17) is 4.74 Å². The minimum Gasteiger partial charge on any atom is -0.497 e. The topological polar surface area (TPSA) is 50.4 Å². The molecular formula is C18H27ClN2O2. The van der Waals surface area contributed by atoms with Crippen molar-refractivity contribution in [3.8, 4) is 5.75 Å². The lowest BCUT2D eigenvalue weighted by atomic mass is 9.77. The summed E-state index contributed by atoms with van der Waals surface area (Å²) >= 11 is 0. The first kappa shape index (κ1) is 18.1. The van der Waals surface area contributed by atoms with Crippen LogP contribution in [0.25, 0.3) is 0 Å². The van der Waals surface area contributed by atoms with Crippen LogP contribution < -0.4 is 15.4 Å². The number of carbonyl (C=O) groups is 1. The maximum Gasteiger partial charge on any atom is 0.230 e. The predicted octanol–water partition coefficient (Wildman–Crippen LogP) is 2.80. The molecule has 0 atom stereocenters. The van der Waals surface area contributed by atoms with E-state index in [9.17, 15) is 4.79 Å². The average Bonchev–Trinajstić information content (AvgIpc) is 3.07. The van der Waals surface area contributed by atoms with Crippen LogP contribution in [0.4, 0.5) is 0 Å². The first-order valence-corrected chi connectivity index (χ1v) is 8.41. The van der Waals surface area contributed by atoms with Crippen LogP contribution in [-0.2, 0) is 10.2 Å². The van der Waals surface area contributed by atoms with Crippen molar-refractivity contribution in [2.75, 3.05) is 20.2 Å². The molecule has 1 heterocycles. The second-order valence-corrected chi connectivity index (χ2v) is 6.52. The fourth-order valence-electron chi connectivity index (χ4n) is 3.84. The van der Waals surface area contributed by atoms with Gasteiger partial charge < -0.3 is 15.4 Å². The summed E-state index contributed by atoms with van der Waals surface area (Å²) in [5.41, 5.74) is 0.746. The number of rotatable bonds is 4. The van der Waals surface area contributed by atoms with E-state index < -0.39 is 0 Å². The monoisotopic (exact) mass is 338 g/mol. The van der Waals surface area contributed by atoms with E-state index in [1.165, 1.54) is 0 Å². The number of halogens is 1. The van der Waals surface area contributed by atoms with Crippen LogP contribution in [0.15, 0.2) is 24.3 Å². The molecule has 2 aliphatic rings. The summed E-state index contributed by atoms with van der Waals surface area (Å²) in [6.07, 6.45) is 6.18. The van der Waals surface area contributed by atoms with Crippen LogP contribution in [0.1, 0.15) is 44.1 Å². The fourth-order valence-corrected chi connectivity index (χ4v) is 3.84. The third-order valence-corrected chi connectivity index (χ3v) is 5.19. The summed E-state index contributed by atoms with van der Waals surface area (Å²) in [7, 11) is 1.68. The molecule has 2 N–H and O–H groups in total. The number of amides is 1. The maximum absolute atomic E-state index is 13.1. The molecule has 0 bridgehead atoms. The Morgan fingerprint density at radius 1 is 1.26 bits per heavy atom. The van der Waals surface area contributed by atoms with Crippen molar-refractivity contribution in [1.29, 1.82) is 0 Å². The minimum absolute atomic E-state index is 0. The molecule has 128 valence electrons. The van der Waals surface area contributed by atoms with Crippen LogP contribution in [0.2, 0.25) is 0 Å². The summed E-state index contributed by atoms with van der Waals surface area (Å²) in [5.74, 6) is 1.04. The van der Waals surface area contributed by atoms with E-state index in [1.54, 1.807) is 7.11 Å². The van der Waals surface area contributed by atoms with Gasteiger partial charge in [-0.25, -0.2) is 0 Å². The first-order chi connectivity index (χ1) is 10.7. The molecule has 2 fully saturated rings. The Hall–Kier alpha value is -1.26. The number of ether oxygens (including phenoxy) is 1. The largest absolute Gasteiger partial charge is 0.497 e. The molecule has 1 aliphatic heterocycles. The normalized spacial score (nSPS) is 20.6. The zero-order valence-corrected chi connectivity index (χ0v) is 14.6. The molecule has 1 aliphatic carbocycles. The van der Waals surface area contributed by atoms with Crippen LogP contribution in [0, 0.1) is 0 Å². The Kier molecular flexibility index (Phi) is 6.31. The highest BCUT2D eigenvalue weighted by Crippen LogP contribution is 2.42. The number of hydrogen-bond donors (Lipinski definition) is 2. The quantitative estimate of drug-likeness (QED) is 0.887. The Labute approximate surface area is 144 Å². The average molecular weight is 339 g/mol. The Balaban J connectivity index is 0.00000192. The number of carbonyl (C=O) groups excluding carboxylic acids is 1. The van der Waals surface area contributed by atoms with Gasteiger partial charge in [0.25, 0.3) is 0 Å². The zero-order chi connectivity index (χ0) is 15.4. The molecule has 4 nitrogen and oxygen atoms in total. The van der Waals surface area contributed by atoms with Gasteiger partial charge in [-0.15, -0.1) is 12.4 Å². The van der Waals surface area contributed by atoms with E-state index >= 15 is 0 Å². The highest BCUT2D eigenvalue weighted by Gasteiger charge is 2.43. The predicted molar refractivity (Wildman–Crippen MR) is 94.4 cm³/mol. The number of hydrogen-bond acceptors (Lipinski definition) is 3. The first-order valence-electron chi connectivity index (χ1n) is 8.41. The Morgan fingerprint density at radius 3 is 2.61 bits per heavy atom. The van der Waals surface area contributed by atoms with Gasteiger partial charge in [-0.05, 0) is 56.5 Å². The van der Waals surface area contributed by atoms with Crippen molar-refractivity contribution in [3.63, 3.8) is 0 Å². The molecule has 0 aromatic heterocycles. The van der Waals surface area contributed by atoms with Crippen LogP contribution in [0.3, 0.4) is 0 Å². The molecule has 1 saturated heterocycles. The summed E-state index contributed by atoms with van der Waals surface area (Å²) in [4.78, 5) is 13.1. The molecule has 23 heavy (non-hydrogen) atoms. The second-order valence-electron chi connectivity index (χ2n) is 6.52. The van der Waals surface area contributed by atoms with E-state index in [1.807, 2.05) is 18.2 Å². The summed E-state index contributed by atoms with van der Waals surface area (Å²) in [5, 5.41) is 6.66. The molecule has 0 radical (unpaired) electrons. The van der Waals surface area contributed by atoms with Crippen LogP contribution >= 0.6 is 12.4 Å². The van der Waals surface area contributed by atoms with Gasteiger partial charge in [0, 0.05) is 6.04 Å². The second kappa shape index (κ2) is 8.02. The number of methoxy groups -OCH3 is 1. The molecule has 3 rings (SSSR count). The highest BCUT2D eigenvalue weighted by molar-refractivity contribution is 5.89. The lowest BCUT2D eigenvalue weighted by Crippen LogP contribution is -2.50. The van der Waals surface area contributed by atoms with Crippen molar-refractivity contribution in [3.05, 3.63) is 29.8 Å². The Morgan fingerprint density at radius 2 is 1.96 bits per heavy atom. The van der Waals surface area contributed by atoms with Crippen molar-refractivity contribution < 1.29 is 9.53 Å². The smallest absolute Gasteiger partial charge is 0.230 e. The van der Waals surface area contributed by atoms with Crippen molar-refractivity contribution >= 4 is 18.3 Å². The highest BCUT2D eigenvalue weighted by atomic mass is 35.5. The lowest BCUT2D eigenvalue weighted by molar-refractivity contribution is -0.127. The number of nitrogens with one attached hydrogen (secondary N) is 2.